The fraction of sp³-hybridized carbons (Fsp3) is 0.0714. The first-order valence-corrected chi connectivity index (χ1v) is 8.94. The molecule has 0 radical (unpaired) electrons. The maximum Gasteiger partial charge on any atom is 0.182 e. The van der Waals surface area contributed by atoms with Crippen LogP contribution in [0, 0.1) is 5.82 Å². The molecule has 0 bridgehead atoms. The summed E-state index contributed by atoms with van der Waals surface area (Å²) in [6, 6.07) is 9.76. The summed E-state index contributed by atoms with van der Waals surface area (Å²) in [6.45, 7) is 0. The van der Waals surface area contributed by atoms with Gasteiger partial charge >= 0.3 is 0 Å². The molecule has 3 nitrogen and oxygen atoms in total. The molecule has 7 heteroatoms. The van der Waals surface area contributed by atoms with E-state index in [2.05, 4.69) is 20.9 Å². The number of benzene rings is 2. The molecular formula is C14H10BrFN2OS2. The Labute approximate surface area is 135 Å². The van der Waals surface area contributed by atoms with Gasteiger partial charge in [0.1, 0.15) is 5.82 Å². The largest absolute Gasteiger partial charge is 0.399 e. The molecule has 3 rings (SSSR count). The van der Waals surface area contributed by atoms with Gasteiger partial charge in [-0.3, -0.25) is 4.21 Å². The van der Waals surface area contributed by atoms with Gasteiger partial charge in [-0.05, 0) is 35.9 Å². The number of thiazole rings is 1. The number of halogens is 2. The molecule has 1 aromatic heterocycles. The number of aromatic nitrogens is 1. The van der Waals surface area contributed by atoms with E-state index < -0.39 is 10.8 Å². The second-order valence-electron chi connectivity index (χ2n) is 4.43. The molecule has 0 aliphatic heterocycles. The third kappa shape index (κ3) is 3.14. The van der Waals surface area contributed by atoms with E-state index in [1.807, 2.05) is 12.1 Å². The lowest BCUT2D eigenvalue weighted by Crippen LogP contribution is -1.97. The molecule has 3 aromatic rings. The van der Waals surface area contributed by atoms with Gasteiger partial charge in [0.2, 0.25) is 0 Å². The van der Waals surface area contributed by atoms with Crippen molar-refractivity contribution in [1.82, 2.24) is 4.98 Å². The standard InChI is InChI=1S/C14H10BrFN2OS2/c15-11-5-9(16)2-1-8(11)7-21(19)14-18-12-4-3-10(17)6-13(12)20-14/h1-6H,7,17H2. The smallest absolute Gasteiger partial charge is 0.182 e. The van der Waals surface area contributed by atoms with Gasteiger partial charge in [-0.2, -0.15) is 0 Å². The molecule has 0 aliphatic rings. The number of nitrogens with two attached hydrogens (primary N) is 1. The van der Waals surface area contributed by atoms with Gasteiger partial charge in [0.25, 0.3) is 0 Å². The topological polar surface area (TPSA) is 56.0 Å². The van der Waals surface area contributed by atoms with Gasteiger partial charge in [0.05, 0.1) is 26.8 Å². The average Bonchev–Trinajstić information content (AvgIpc) is 2.85. The molecule has 0 aliphatic carbocycles. The van der Waals surface area contributed by atoms with E-state index in [-0.39, 0.29) is 11.6 Å². The van der Waals surface area contributed by atoms with E-state index in [1.54, 1.807) is 12.1 Å². The minimum Gasteiger partial charge on any atom is -0.399 e. The van der Waals surface area contributed by atoms with Crippen LogP contribution in [0.2, 0.25) is 0 Å². The molecule has 21 heavy (non-hydrogen) atoms. The van der Waals surface area contributed by atoms with Crippen LogP contribution in [0.15, 0.2) is 45.2 Å². The number of fused-ring (bicyclic) bond motifs is 1. The summed E-state index contributed by atoms with van der Waals surface area (Å²) in [4.78, 5) is 4.37. The zero-order valence-corrected chi connectivity index (χ0v) is 13.9. The van der Waals surface area contributed by atoms with Crippen LogP contribution in [-0.4, -0.2) is 9.19 Å². The predicted octanol–water partition coefficient (Wildman–Crippen LogP) is 4.09. The van der Waals surface area contributed by atoms with E-state index in [4.69, 9.17) is 5.73 Å². The average molecular weight is 385 g/mol. The summed E-state index contributed by atoms with van der Waals surface area (Å²) in [5.74, 6) is -0.0391. The van der Waals surface area contributed by atoms with E-state index in [0.29, 0.717) is 14.5 Å². The molecular weight excluding hydrogens is 375 g/mol. The molecule has 0 amide bonds. The Hall–Kier alpha value is -1.31. The normalized spacial score (nSPS) is 12.7. The number of rotatable bonds is 3. The SMILES string of the molecule is Nc1ccc2nc(S(=O)Cc3ccc(F)cc3Br)sc2c1. The van der Waals surface area contributed by atoms with Gasteiger partial charge in [0.15, 0.2) is 4.34 Å². The number of nitrogen functional groups attached to an aromatic ring is 1. The highest BCUT2D eigenvalue weighted by atomic mass is 79.9. The third-order valence-corrected chi connectivity index (χ3v) is 6.30. The zero-order chi connectivity index (χ0) is 15.0. The monoisotopic (exact) mass is 384 g/mol. The maximum absolute atomic E-state index is 13.1. The molecule has 1 atom stereocenters. The Kier molecular flexibility index (Phi) is 4.05. The highest BCUT2D eigenvalue weighted by molar-refractivity contribution is 9.10. The number of hydrogen-bond acceptors (Lipinski definition) is 4. The van der Waals surface area contributed by atoms with Crippen LogP contribution in [0.25, 0.3) is 10.2 Å². The second-order valence-corrected chi connectivity index (χ2v) is 7.94. The van der Waals surface area contributed by atoms with Crippen LogP contribution in [0.4, 0.5) is 10.1 Å². The maximum atomic E-state index is 13.1. The fourth-order valence-corrected chi connectivity index (χ4v) is 4.96. The van der Waals surface area contributed by atoms with Gasteiger partial charge in [-0.25, -0.2) is 9.37 Å². The highest BCUT2D eigenvalue weighted by Gasteiger charge is 2.13. The zero-order valence-electron chi connectivity index (χ0n) is 10.7. The van der Waals surface area contributed by atoms with Crippen molar-refractivity contribution in [3.63, 3.8) is 0 Å². The number of anilines is 1. The Morgan fingerprint density at radius 3 is 2.86 bits per heavy atom. The Bertz CT molecular complexity index is 850. The molecule has 0 fully saturated rings. The molecule has 108 valence electrons. The predicted molar refractivity (Wildman–Crippen MR) is 88.2 cm³/mol. The van der Waals surface area contributed by atoms with Gasteiger partial charge in [-0.15, -0.1) is 11.3 Å². The first-order chi connectivity index (χ1) is 10.0. The van der Waals surface area contributed by atoms with Crippen LogP contribution in [0.5, 0.6) is 0 Å². The van der Waals surface area contributed by atoms with Crippen LogP contribution < -0.4 is 5.73 Å². The van der Waals surface area contributed by atoms with Gasteiger partial charge in [0, 0.05) is 10.2 Å². The quantitative estimate of drug-likeness (QED) is 0.691. The minimum absolute atomic E-state index is 0.288. The van der Waals surface area contributed by atoms with Crippen molar-refractivity contribution in [2.75, 3.05) is 5.73 Å². The molecule has 0 spiro atoms. The summed E-state index contributed by atoms with van der Waals surface area (Å²) < 4.78 is 27.5. The van der Waals surface area contributed by atoms with Crippen molar-refractivity contribution in [3.05, 3.63) is 52.3 Å². The summed E-state index contributed by atoms with van der Waals surface area (Å²) in [6.07, 6.45) is 0. The molecule has 0 saturated carbocycles. The Morgan fingerprint density at radius 1 is 1.29 bits per heavy atom. The lowest BCUT2D eigenvalue weighted by molar-refractivity contribution is 0.626. The Balaban J connectivity index is 1.89. The van der Waals surface area contributed by atoms with E-state index in [1.165, 1.54) is 23.5 Å². The van der Waals surface area contributed by atoms with Gasteiger partial charge in [-0.1, -0.05) is 22.0 Å². The number of nitrogens with zero attached hydrogens (tertiary/aromatic N) is 1. The van der Waals surface area contributed by atoms with Crippen molar-refractivity contribution >= 4 is 54.0 Å². The molecule has 1 heterocycles. The van der Waals surface area contributed by atoms with Crippen molar-refractivity contribution < 1.29 is 8.60 Å². The first kappa shape index (κ1) is 14.6. The van der Waals surface area contributed by atoms with E-state index in [9.17, 15) is 8.60 Å². The summed E-state index contributed by atoms with van der Waals surface area (Å²) in [5, 5.41) is 0. The lowest BCUT2D eigenvalue weighted by atomic mass is 10.2. The molecule has 0 saturated heterocycles. The third-order valence-electron chi connectivity index (χ3n) is 2.89. The first-order valence-electron chi connectivity index (χ1n) is 6.01. The second kappa shape index (κ2) is 5.82. The summed E-state index contributed by atoms with van der Waals surface area (Å²) in [7, 11) is -1.28. The Morgan fingerprint density at radius 2 is 2.10 bits per heavy atom. The van der Waals surface area contributed by atoms with E-state index in [0.717, 1.165) is 15.8 Å². The summed E-state index contributed by atoms with van der Waals surface area (Å²) >= 11 is 4.65. The van der Waals surface area contributed by atoms with Crippen molar-refractivity contribution in [2.45, 2.75) is 10.1 Å². The van der Waals surface area contributed by atoms with Crippen molar-refractivity contribution in [3.8, 4) is 0 Å². The number of hydrogen-bond donors (Lipinski definition) is 1. The highest BCUT2D eigenvalue weighted by Crippen LogP contribution is 2.28. The molecule has 2 aromatic carbocycles. The lowest BCUT2D eigenvalue weighted by Gasteiger charge is -2.02. The minimum atomic E-state index is -1.28. The van der Waals surface area contributed by atoms with Crippen LogP contribution in [0.1, 0.15) is 5.56 Å². The van der Waals surface area contributed by atoms with Crippen LogP contribution >= 0.6 is 27.3 Å². The van der Waals surface area contributed by atoms with E-state index >= 15 is 0 Å². The molecule has 2 N–H and O–H groups in total. The van der Waals surface area contributed by atoms with Crippen LogP contribution in [0.3, 0.4) is 0 Å². The van der Waals surface area contributed by atoms with Crippen molar-refractivity contribution in [1.29, 1.82) is 0 Å². The van der Waals surface area contributed by atoms with Crippen molar-refractivity contribution in [2.24, 2.45) is 0 Å². The fourth-order valence-electron chi connectivity index (χ4n) is 1.86. The summed E-state index contributed by atoms with van der Waals surface area (Å²) in [5.41, 5.74) is 7.96. The van der Waals surface area contributed by atoms with Crippen LogP contribution in [-0.2, 0) is 16.6 Å². The van der Waals surface area contributed by atoms with Gasteiger partial charge < -0.3 is 5.73 Å². The molecule has 1 unspecified atom stereocenters.